The predicted octanol–water partition coefficient (Wildman–Crippen LogP) is 4.85. The molecule has 7 heteroatoms. The van der Waals surface area contributed by atoms with Crippen molar-refractivity contribution in [2.75, 3.05) is 13.2 Å². The minimum atomic E-state index is -0.769. The van der Waals surface area contributed by atoms with Crippen molar-refractivity contribution in [3.8, 4) is 11.1 Å². The van der Waals surface area contributed by atoms with Crippen molar-refractivity contribution in [1.82, 2.24) is 10.6 Å². The van der Waals surface area contributed by atoms with Gasteiger partial charge < -0.3 is 20.5 Å². The maximum absolute atomic E-state index is 12.7. The Morgan fingerprint density at radius 3 is 2.23 bits per heavy atom. The first-order valence-electron chi connectivity index (χ1n) is 12.7. The quantitative estimate of drug-likeness (QED) is 0.401. The number of carbonyl (C=O) groups is 3. The number of rotatable bonds is 11. The molecule has 2 aromatic carbocycles. The van der Waals surface area contributed by atoms with E-state index in [2.05, 4.69) is 34.9 Å². The van der Waals surface area contributed by atoms with Crippen LogP contribution in [0.4, 0.5) is 4.79 Å². The highest BCUT2D eigenvalue weighted by atomic mass is 16.5. The molecule has 0 saturated heterocycles. The third kappa shape index (κ3) is 6.21. The van der Waals surface area contributed by atoms with Crippen molar-refractivity contribution in [2.24, 2.45) is 5.92 Å². The number of unbranched alkanes of at least 4 members (excludes halogenated alkanes) is 3. The molecule has 2 aliphatic rings. The monoisotopic (exact) mass is 478 g/mol. The fourth-order valence-electron chi connectivity index (χ4n) is 5.34. The summed E-state index contributed by atoms with van der Waals surface area (Å²) in [4.78, 5) is 35.9. The maximum atomic E-state index is 12.7. The number of aliphatic carboxylic acids is 1. The van der Waals surface area contributed by atoms with Gasteiger partial charge in [0.15, 0.2) is 0 Å². The van der Waals surface area contributed by atoms with E-state index in [1.807, 2.05) is 24.3 Å². The standard InChI is InChI=1S/C28H34N2O5/c31-26(32)16-3-1-2-8-17-29-27(33)23-14-9-15-25(23)30-28(34)35-18-24-21-12-6-4-10-19(21)20-11-5-7-13-22(20)24/h4-7,10-13,23-25H,1-3,8-9,14-18H2,(H,29,33)(H,30,34)(H,31,32). The molecule has 2 amide bonds. The first-order valence-corrected chi connectivity index (χ1v) is 12.7. The lowest BCUT2D eigenvalue weighted by Gasteiger charge is -2.21. The van der Waals surface area contributed by atoms with Crippen molar-refractivity contribution in [3.05, 3.63) is 59.7 Å². The Balaban J connectivity index is 1.22. The second kappa shape index (κ2) is 11.9. The van der Waals surface area contributed by atoms with Gasteiger partial charge in [0.25, 0.3) is 0 Å². The number of hydrogen-bond donors (Lipinski definition) is 3. The summed E-state index contributed by atoms with van der Waals surface area (Å²) in [7, 11) is 0. The molecule has 1 fully saturated rings. The number of ether oxygens (including phenoxy) is 1. The summed E-state index contributed by atoms with van der Waals surface area (Å²) in [6.07, 6.45) is 5.34. The highest BCUT2D eigenvalue weighted by Gasteiger charge is 2.35. The van der Waals surface area contributed by atoms with Crippen molar-refractivity contribution >= 4 is 18.0 Å². The lowest BCUT2D eigenvalue weighted by Crippen LogP contribution is -2.44. The van der Waals surface area contributed by atoms with Gasteiger partial charge in [0.2, 0.25) is 5.91 Å². The molecule has 2 unspecified atom stereocenters. The van der Waals surface area contributed by atoms with Gasteiger partial charge in [-0.2, -0.15) is 0 Å². The largest absolute Gasteiger partial charge is 0.481 e. The molecule has 2 aliphatic carbocycles. The van der Waals surface area contributed by atoms with Gasteiger partial charge in [-0.1, -0.05) is 67.8 Å². The van der Waals surface area contributed by atoms with E-state index < -0.39 is 12.1 Å². The van der Waals surface area contributed by atoms with Gasteiger partial charge in [0.1, 0.15) is 6.61 Å². The number of nitrogens with one attached hydrogen (secondary N) is 2. The van der Waals surface area contributed by atoms with E-state index >= 15 is 0 Å². The third-order valence-corrected chi connectivity index (χ3v) is 7.12. The van der Waals surface area contributed by atoms with E-state index in [0.29, 0.717) is 13.0 Å². The molecule has 7 nitrogen and oxygen atoms in total. The summed E-state index contributed by atoms with van der Waals surface area (Å²) < 4.78 is 5.66. The van der Waals surface area contributed by atoms with E-state index in [-0.39, 0.29) is 36.8 Å². The van der Waals surface area contributed by atoms with E-state index in [9.17, 15) is 14.4 Å². The van der Waals surface area contributed by atoms with Crippen LogP contribution in [0.5, 0.6) is 0 Å². The summed E-state index contributed by atoms with van der Waals surface area (Å²) in [6, 6.07) is 16.2. The minimum absolute atomic E-state index is 0.00585. The van der Waals surface area contributed by atoms with Crippen LogP contribution in [0.2, 0.25) is 0 Å². The summed E-state index contributed by atoms with van der Waals surface area (Å²) in [5, 5.41) is 14.6. The van der Waals surface area contributed by atoms with E-state index in [1.165, 1.54) is 22.3 Å². The minimum Gasteiger partial charge on any atom is -0.481 e. The van der Waals surface area contributed by atoms with E-state index in [1.54, 1.807) is 0 Å². The van der Waals surface area contributed by atoms with E-state index in [0.717, 1.165) is 38.5 Å². The third-order valence-electron chi connectivity index (χ3n) is 7.12. The highest BCUT2D eigenvalue weighted by Crippen LogP contribution is 2.44. The van der Waals surface area contributed by atoms with Crippen LogP contribution in [-0.2, 0) is 14.3 Å². The van der Waals surface area contributed by atoms with Crippen molar-refractivity contribution in [3.63, 3.8) is 0 Å². The molecule has 1 saturated carbocycles. The molecule has 0 radical (unpaired) electrons. The van der Waals surface area contributed by atoms with Crippen LogP contribution in [-0.4, -0.2) is 42.3 Å². The van der Waals surface area contributed by atoms with Crippen LogP contribution in [0, 0.1) is 5.92 Å². The number of alkyl carbamates (subject to hydrolysis) is 1. The molecule has 0 bridgehead atoms. The average Bonchev–Trinajstić information content (AvgIpc) is 3.44. The lowest BCUT2D eigenvalue weighted by molar-refractivity contribution is -0.137. The Morgan fingerprint density at radius 2 is 1.54 bits per heavy atom. The molecular formula is C28H34N2O5. The summed E-state index contributed by atoms with van der Waals surface area (Å²) in [5.41, 5.74) is 4.71. The van der Waals surface area contributed by atoms with Crippen LogP contribution < -0.4 is 10.6 Å². The van der Waals surface area contributed by atoms with Gasteiger partial charge in [0, 0.05) is 24.9 Å². The number of carboxylic acid groups (broad SMARTS) is 1. The smallest absolute Gasteiger partial charge is 0.407 e. The molecule has 2 aromatic rings. The molecular weight excluding hydrogens is 444 g/mol. The van der Waals surface area contributed by atoms with Crippen LogP contribution in [0.15, 0.2) is 48.5 Å². The van der Waals surface area contributed by atoms with Crippen molar-refractivity contribution in [2.45, 2.75) is 63.3 Å². The zero-order valence-electron chi connectivity index (χ0n) is 20.0. The first-order chi connectivity index (χ1) is 17.0. The summed E-state index contributed by atoms with van der Waals surface area (Å²) in [6.45, 7) is 0.825. The van der Waals surface area contributed by atoms with Gasteiger partial charge in [-0.3, -0.25) is 9.59 Å². The molecule has 0 aromatic heterocycles. The molecule has 0 spiro atoms. The van der Waals surface area contributed by atoms with Crippen LogP contribution >= 0.6 is 0 Å². The fourth-order valence-corrected chi connectivity index (χ4v) is 5.34. The Hall–Kier alpha value is -3.35. The predicted molar refractivity (Wildman–Crippen MR) is 133 cm³/mol. The van der Waals surface area contributed by atoms with Crippen LogP contribution in [0.25, 0.3) is 11.1 Å². The van der Waals surface area contributed by atoms with Gasteiger partial charge >= 0.3 is 12.1 Å². The Kier molecular flexibility index (Phi) is 8.40. The molecule has 2 atom stereocenters. The maximum Gasteiger partial charge on any atom is 0.407 e. The molecule has 4 rings (SSSR count). The Labute approximate surface area is 206 Å². The normalized spacial score (nSPS) is 18.5. The Morgan fingerprint density at radius 1 is 0.886 bits per heavy atom. The molecule has 0 aliphatic heterocycles. The topological polar surface area (TPSA) is 105 Å². The zero-order chi connectivity index (χ0) is 24.6. The van der Waals surface area contributed by atoms with Gasteiger partial charge in [0.05, 0.1) is 5.92 Å². The fraction of sp³-hybridized carbons (Fsp3) is 0.464. The number of hydrogen-bond acceptors (Lipinski definition) is 4. The highest BCUT2D eigenvalue weighted by molar-refractivity contribution is 5.81. The number of carboxylic acids is 1. The first kappa shape index (κ1) is 24.8. The van der Waals surface area contributed by atoms with Gasteiger partial charge in [-0.05, 0) is 47.9 Å². The second-order valence-corrected chi connectivity index (χ2v) is 9.46. The van der Waals surface area contributed by atoms with Gasteiger partial charge in [-0.25, -0.2) is 4.79 Å². The number of carbonyl (C=O) groups excluding carboxylic acids is 2. The summed E-state index contributed by atoms with van der Waals surface area (Å²) >= 11 is 0. The van der Waals surface area contributed by atoms with Crippen molar-refractivity contribution in [1.29, 1.82) is 0 Å². The SMILES string of the molecule is O=C(O)CCCCCCNC(=O)C1CCCC1NC(=O)OCC1c2ccccc2-c2ccccc21. The van der Waals surface area contributed by atoms with Crippen LogP contribution in [0.1, 0.15) is 68.4 Å². The van der Waals surface area contributed by atoms with Crippen LogP contribution in [0.3, 0.4) is 0 Å². The zero-order valence-corrected chi connectivity index (χ0v) is 20.0. The lowest BCUT2D eigenvalue weighted by atomic mass is 9.98. The van der Waals surface area contributed by atoms with Crippen molar-refractivity contribution < 1.29 is 24.2 Å². The van der Waals surface area contributed by atoms with E-state index in [4.69, 9.17) is 9.84 Å². The molecule has 0 heterocycles. The Bertz CT molecular complexity index is 1010. The van der Waals surface area contributed by atoms with Gasteiger partial charge in [-0.15, -0.1) is 0 Å². The average molecular weight is 479 g/mol. The number of amides is 2. The molecule has 35 heavy (non-hydrogen) atoms. The second-order valence-electron chi connectivity index (χ2n) is 9.46. The number of fused-ring (bicyclic) bond motifs is 3. The summed E-state index contributed by atoms with van der Waals surface area (Å²) in [5.74, 6) is -1.04. The molecule has 186 valence electrons. The number of benzene rings is 2. The molecule has 3 N–H and O–H groups in total.